The third kappa shape index (κ3) is 2.42. The van der Waals surface area contributed by atoms with Crippen LogP contribution < -0.4 is 10.6 Å². The first-order chi connectivity index (χ1) is 8.33. The molecule has 0 amide bonds. The van der Waals surface area contributed by atoms with Crippen molar-refractivity contribution in [1.29, 1.82) is 0 Å². The summed E-state index contributed by atoms with van der Waals surface area (Å²) in [7, 11) is 0. The van der Waals surface area contributed by atoms with Gasteiger partial charge in [0.05, 0.1) is 5.25 Å². The topological polar surface area (TPSA) is 70.8 Å². The van der Waals surface area contributed by atoms with E-state index in [1.807, 2.05) is 11.8 Å². The maximum Gasteiger partial charge on any atom is 0.244 e. The molecule has 2 unspecified atom stereocenters. The number of hydrogen-bond donors (Lipinski definition) is 2. The molecule has 17 heavy (non-hydrogen) atoms. The zero-order valence-corrected chi connectivity index (χ0v) is 10.7. The van der Waals surface area contributed by atoms with E-state index in [4.69, 9.17) is 5.73 Å². The van der Waals surface area contributed by atoms with Gasteiger partial charge in [-0.15, -0.1) is 5.10 Å². The Morgan fingerprint density at radius 1 is 1.35 bits per heavy atom. The van der Waals surface area contributed by atoms with Gasteiger partial charge in [-0.25, -0.2) is 0 Å². The third-order valence-corrected chi connectivity index (χ3v) is 4.87. The summed E-state index contributed by atoms with van der Waals surface area (Å²) in [4.78, 5) is 6.81. The Morgan fingerprint density at radius 2 is 2.29 bits per heavy atom. The van der Waals surface area contributed by atoms with Gasteiger partial charge in [-0.2, -0.15) is 16.7 Å². The van der Waals surface area contributed by atoms with E-state index in [9.17, 15) is 0 Å². The Kier molecular flexibility index (Phi) is 3.24. The standard InChI is InChI=1S/C11H19N5S/c12-8-4-5-16(7-8)11-13-10(14-15-11)9-3-1-2-6-17-9/h8-9H,1-7,12H2,(H,13,14,15). The molecule has 3 N–H and O–H groups in total. The highest BCUT2D eigenvalue weighted by molar-refractivity contribution is 7.99. The molecule has 2 aliphatic heterocycles. The number of nitrogens with zero attached hydrogens (tertiary/aromatic N) is 3. The molecule has 2 aliphatic rings. The van der Waals surface area contributed by atoms with E-state index in [0.717, 1.165) is 31.3 Å². The summed E-state index contributed by atoms with van der Waals surface area (Å²) in [5, 5.41) is 7.95. The molecule has 0 saturated carbocycles. The average molecular weight is 253 g/mol. The number of hydrogen-bond acceptors (Lipinski definition) is 5. The van der Waals surface area contributed by atoms with Crippen molar-refractivity contribution in [1.82, 2.24) is 15.2 Å². The van der Waals surface area contributed by atoms with Gasteiger partial charge in [-0.05, 0) is 25.0 Å². The zero-order chi connectivity index (χ0) is 11.7. The largest absolute Gasteiger partial charge is 0.338 e. The van der Waals surface area contributed by atoms with Crippen LogP contribution in [-0.2, 0) is 0 Å². The lowest BCUT2D eigenvalue weighted by molar-refractivity contribution is 0.664. The Balaban J connectivity index is 1.69. The Labute approximate surface area is 106 Å². The fourth-order valence-electron chi connectivity index (χ4n) is 2.48. The summed E-state index contributed by atoms with van der Waals surface area (Å²) in [6.45, 7) is 1.87. The van der Waals surface area contributed by atoms with Crippen molar-refractivity contribution < 1.29 is 0 Å². The number of H-pyrrole nitrogens is 1. The van der Waals surface area contributed by atoms with Crippen molar-refractivity contribution in [3.63, 3.8) is 0 Å². The Hall–Kier alpha value is -0.750. The second-order valence-corrected chi connectivity index (χ2v) is 6.18. The molecule has 3 heterocycles. The summed E-state index contributed by atoms with van der Waals surface area (Å²) in [5.74, 6) is 3.12. The van der Waals surface area contributed by atoms with Gasteiger partial charge in [-0.3, -0.25) is 5.10 Å². The molecule has 5 nitrogen and oxygen atoms in total. The van der Waals surface area contributed by atoms with Crippen LogP contribution in [0.4, 0.5) is 5.95 Å². The highest BCUT2D eigenvalue weighted by atomic mass is 32.2. The molecule has 1 aromatic rings. The first kappa shape index (κ1) is 11.3. The second kappa shape index (κ2) is 4.86. The maximum absolute atomic E-state index is 5.90. The van der Waals surface area contributed by atoms with Crippen LogP contribution in [0.2, 0.25) is 0 Å². The van der Waals surface area contributed by atoms with E-state index in [2.05, 4.69) is 20.1 Å². The molecule has 94 valence electrons. The normalized spacial score (nSPS) is 29.8. The van der Waals surface area contributed by atoms with Gasteiger partial charge in [0, 0.05) is 19.1 Å². The van der Waals surface area contributed by atoms with Gasteiger partial charge in [0.15, 0.2) is 0 Å². The SMILES string of the molecule is NC1CCN(c2n[nH]c(C3CCCCS3)n2)C1. The van der Waals surface area contributed by atoms with Crippen molar-refractivity contribution >= 4 is 17.7 Å². The van der Waals surface area contributed by atoms with Crippen molar-refractivity contribution in [2.45, 2.75) is 37.0 Å². The molecule has 2 atom stereocenters. The van der Waals surface area contributed by atoms with Crippen LogP contribution in [0.1, 0.15) is 36.8 Å². The van der Waals surface area contributed by atoms with E-state index in [0.29, 0.717) is 5.25 Å². The predicted octanol–water partition coefficient (Wildman–Crippen LogP) is 1.30. The second-order valence-electron chi connectivity index (χ2n) is 4.87. The fourth-order valence-corrected chi connectivity index (χ4v) is 3.73. The number of thioether (sulfide) groups is 1. The van der Waals surface area contributed by atoms with Gasteiger partial charge < -0.3 is 10.6 Å². The molecule has 0 radical (unpaired) electrons. The van der Waals surface area contributed by atoms with Crippen molar-refractivity contribution in [2.24, 2.45) is 5.73 Å². The summed E-state index contributed by atoms with van der Waals surface area (Å²) < 4.78 is 0. The molecule has 0 aliphatic carbocycles. The third-order valence-electron chi connectivity index (χ3n) is 3.48. The monoisotopic (exact) mass is 253 g/mol. The summed E-state index contributed by atoms with van der Waals surface area (Å²) in [5.41, 5.74) is 5.90. The highest BCUT2D eigenvalue weighted by Crippen LogP contribution is 2.36. The number of nitrogens with two attached hydrogens (primary N) is 1. The van der Waals surface area contributed by atoms with Crippen LogP contribution >= 0.6 is 11.8 Å². The van der Waals surface area contributed by atoms with Crippen molar-refractivity contribution in [3.05, 3.63) is 5.82 Å². The average Bonchev–Trinajstić information content (AvgIpc) is 2.98. The maximum atomic E-state index is 5.90. The molecule has 0 aromatic carbocycles. The van der Waals surface area contributed by atoms with Gasteiger partial charge in [0.2, 0.25) is 5.95 Å². The van der Waals surface area contributed by atoms with Crippen molar-refractivity contribution in [3.8, 4) is 0 Å². The quantitative estimate of drug-likeness (QED) is 0.831. The van der Waals surface area contributed by atoms with Crippen LogP contribution in [0.25, 0.3) is 0 Å². The van der Waals surface area contributed by atoms with Crippen LogP contribution in [-0.4, -0.2) is 40.1 Å². The molecule has 2 saturated heterocycles. The van der Waals surface area contributed by atoms with Gasteiger partial charge in [-0.1, -0.05) is 6.42 Å². The minimum atomic E-state index is 0.279. The lowest BCUT2D eigenvalue weighted by atomic mass is 10.2. The van der Waals surface area contributed by atoms with Crippen LogP contribution in [0.15, 0.2) is 0 Å². The molecular formula is C11H19N5S. The number of rotatable bonds is 2. The number of anilines is 1. The Morgan fingerprint density at radius 3 is 3.00 bits per heavy atom. The lowest BCUT2D eigenvalue weighted by Gasteiger charge is -2.18. The first-order valence-corrected chi connectivity index (χ1v) is 7.42. The summed E-state index contributed by atoms with van der Waals surface area (Å²) in [6.07, 6.45) is 4.91. The van der Waals surface area contributed by atoms with Gasteiger partial charge in [0.25, 0.3) is 0 Å². The van der Waals surface area contributed by atoms with E-state index in [1.54, 1.807) is 0 Å². The first-order valence-electron chi connectivity index (χ1n) is 6.37. The Bertz CT molecular complexity index is 354. The minimum absolute atomic E-state index is 0.279. The summed E-state index contributed by atoms with van der Waals surface area (Å²) in [6, 6.07) is 0.279. The zero-order valence-electron chi connectivity index (χ0n) is 9.93. The minimum Gasteiger partial charge on any atom is -0.338 e. The van der Waals surface area contributed by atoms with Crippen LogP contribution in [0, 0.1) is 0 Å². The number of nitrogens with one attached hydrogen (secondary N) is 1. The summed E-state index contributed by atoms with van der Waals surface area (Å²) >= 11 is 2.00. The fraction of sp³-hybridized carbons (Fsp3) is 0.818. The molecule has 2 fully saturated rings. The molecule has 0 bridgehead atoms. The molecule has 3 rings (SSSR count). The number of aromatic nitrogens is 3. The molecule has 0 spiro atoms. The van der Waals surface area contributed by atoms with E-state index in [1.165, 1.54) is 25.0 Å². The van der Waals surface area contributed by atoms with Crippen LogP contribution in [0.5, 0.6) is 0 Å². The molecular weight excluding hydrogens is 234 g/mol. The predicted molar refractivity (Wildman–Crippen MR) is 70.2 cm³/mol. The highest BCUT2D eigenvalue weighted by Gasteiger charge is 2.25. The smallest absolute Gasteiger partial charge is 0.244 e. The van der Waals surface area contributed by atoms with E-state index >= 15 is 0 Å². The van der Waals surface area contributed by atoms with E-state index in [-0.39, 0.29) is 6.04 Å². The molecule has 1 aromatic heterocycles. The number of aromatic amines is 1. The van der Waals surface area contributed by atoms with E-state index < -0.39 is 0 Å². The van der Waals surface area contributed by atoms with Gasteiger partial charge >= 0.3 is 0 Å². The van der Waals surface area contributed by atoms with Crippen LogP contribution in [0.3, 0.4) is 0 Å². The lowest BCUT2D eigenvalue weighted by Crippen LogP contribution is -2.27. The van der Waals surface area contributed by atoms with Gasteiger partial charge in [0.1, 0.15) is 5.82 Å². The van der Waals surface area contributed by atoms with Crippen molar-refractivity contribution in [2.75, 3.05) is 23.7 Å². The molecule has 6 heteroatoms.